The maximum Gasteiger partial charge on any atom is 0.144 e. The number of quaternary nitrogens is 1. The molecule has 0 amide bonds. The van der Waals surface area contributed by atoms with Gasteiger partial charge in [0.05, 0.1) is 11.3 Å². The molecule has 8 aromatic rings. The van der Waals surface area contributed by atoms with Gasteiger partial charge in [0.2, 0.25) is 0 Å². The highest BCUT2D eigenvalue weighted by Gasteiger charge is 2.20. The number of benzene rings is 8. The minimum Gasteiger partial charge on any atom is -0.300 e. The lowest BCUT2D eigenvalue weighted by Crippen LogP contribution is -2.79. The molecule has 2 nitrogen and oxygen atoms in total. The molecule has 1 heterocycles. The van der Waals surface area contributed by atoms with Crippen LogP contribution in [0.4, 0.5) is 0 Å². The summed E-state index contributed by atoms with van der Waals surface area (Å²) in [4.78, 5) is 0. The first kappa shape index (κ1) is 30.9. The molecular weight excluding hydrogens is 641 g/mol. The van der Waals surface area contributed by atoms with Crippen LogP contribution in [0.15, 0.2) is 205 Å². The van der Waals surface area contributed by atoms with Gasteiger partial charge in [0.25, 0.3) is 0 Å². The van der Waals surface area contributed by atoms with Crippen molar-refractivity contribution in [3.8, 4) is 33.4 Å². The van der Waals surface area contributed by atoms with Crippen molar-refractivity contribution in [2.45, 2.75) is 0 Å². The molecule has 1 aliphatic heterocycles. The van der Waals surface area contributed by atoms with E-state index in [0.717, 1.165) is 22.5 Å². The van der Waals surface area contributed by atoms with Gasteiger partial charge in [0.1, 0.15) is 11.4 Å². The predicted octanol–water partition coefficient (Wildman–Crippen LogP) is 12.2. The fraction of sp³-hybridized carbons (Fsp3) is 0. The molecule has 248 valence electrons. The van der Waals surface area contributed by atoms with Crippen LogP contribution in [-0.2, 0) is 0 Å². The molecule has 2 heteroatoms. The molecular formula is C51H35N2+. The van der Waals surface area contributed by atoms with Gasteiger partial charge in [-0.15, -0.1) is 0 Å². The van der Waals surface area contributed by atoms with Crippen molar-refractivity contribution in [2.75, 3.05) is 0 Å². The van der Waals surface area contributed by atoms with Gasteiger partial charge >= 0.3 is 0 Å². The second-order valence-electron chi connectivity index (χ2n) is 13.9. The summed E-state index contributed by atoms with van der Waals surface area (Å²) in [6, 6.07) is 55.9. The third-order valence-corrected chi connectivity index (χ3v) is 10.8. The van der Waals surface area contributed by atoms with E-state index >= 15 is 0 Å². The molecule has 0 atom stereocenters. The Bertz CT molecular complexity index is 2970. The summed E-state index contributed by atoms with van der Waals surface area (Å²) in [7, 11) is 0. The van der Waals surface area contributed by atoms with E-state index in [9.17, 15) is 0 Å². The molecule has 2 aliphatic rings. The third-order valence-electron chi connectivity index (χ3n) is 10.8. The minimum absolute atomic E-state index is 0.538. The van der Waals surface area contributed by atoms with Crippen molar-refractivity contribution in [3.63, 3.8) is 0 Å². The lowest BCUT2D eigenvalue weighted by Gasteiger charge is -2.19. The topological polar surface area (TPSA) is 40.5 Å². The van der Waals surface area contributed by atoms with E-state index in [4.69, 9.17) is 5.41 Å². The van der Waals surface area contributed by atoms with Crippen LogP contribution in [-0.4, -0.2) is 5.71 Å². The number of rotatable bonds is 4. The molecule has 3 N–H and O–H groups in total. The first-order valence-electron chi connectivity index (χ1n) is 18.2. The highest BCUT2D eigenvalue weighted by Crippen LogP contribution is 2.45. The molecule has 0 unspecified atom stereocenters. The Labute approximate surface area is 308 Å². The van der Waals surface area contributed by atoms with E-state index in [-0.39, 0.29) is 0 Å². The van der Waals surface area contributed by atoms with E-state index in [1.54, 1.807) is 0 Å². The summed E-state index contributed by atoms with van der Waals surface area (Å²) >= 11 is 0. The number of nitrogens with two attached hydrogens (primary N) is 1. The Morgan fingerprint density at radius 3 is 1.57 bits per heavy atom. The molecule has 0 fully saturated rings. The second-order valence-corrected chi connectivity index (χ2v) is 13.9. The molecule has 53 heavy (non-hydrogen) atoms. The van der Waals surface area contributed by atoms with Crippen LogP contribution in [0.3, 0.4) is 0 Å². The average Bonchev–Trinajstić information content (AvgIpc) is 3.22. The van der Waals surface area contributed by atoms with Crippen LogP contribution in [0.25, 0.3) is 82.2 Å². The van der Waals surface area contributed by atoms with Crippen LogP contribution >= 0.6 is 0 Å². The van der Waals surface area contributed by atoms with Crippen LogP contribution < -0.4 is 5.32 Å². The van der Waals surface area contributed by atoms with Crippen molar-refractivity contribution >= 4 is 54.5 Å². The van der Waals surface area contributed by atoms with E-state index in [1.165, 1.54) is 76.5 Å². The molecule has 0 saturated carbocycles. The summed E-state index contributed by atoms with van der Waals surface area (Å²) in [5.41, 5.74) is 12.2. The molecule has 8 aromatic carbocycles. The number of nitrogens with one attached hydrogen (secondary N) is 1. The normalized spacial score (nSPS) is 15.5. The summed E-state index contributed by atoms with van der Waals surface area (Å²) in [5.74, 6) is 0. The summed E-state index contributed by atoms with van der Waals surface area (Å²) in [5, 5.41) is 20.6. The average molecular weight is 676 g/mol. The molecule has 0 radical (unpaired) electrons. The van der Waals surface area contributed by atoms with Gasteiger partial charge in [-0.25, -0.2) is 0 Å². The molecule has 0 saturated heterocycles. The van der Waals surface area contributed by atoms with Crippen LogP contribution in [0.1, 0.15) is 5.56 Å². The Morgan fingerprint density at radius 2 is 0.906 bits per heavy atom. The van der Waals surface area contributed by atoms with Gasteiger partial charge in [-0.3, -0.25) is 5.32 Å². The van der Waals surface area contributed by atoms with Crippen LogP contribution in [0.2, 0.25) is 0 Å². The van der Waals surface area contributed by atoms with Gasteiger partial charge in [-0.2, -0.15) is 0 Å². The highest BCUT2D eigenvalue weighted by molar-refractivity contribution is 6.22. The minimum atomic E-state index is 0.538. The monoisotopic (exact) mass is 675 g/mol. The van der Waals surface area contributed by atoms with E-state index in [1.807, 2.05) is 24.3 Å². The van der Waals surface area contributed by atoms with Crippen molar-refractivity contribution in [3.05, 3.63) is 211 Å². The first-order chi connectivity index (χ1) is 26.2. The zero-order valence-electron chi connectivity index (χ0n) is 29.1. The highest BCUT2D eigenvalue weighted by atomic mass is 14.9. The van der Waals surface area contributed by atoms with Gasteiger partial charge < -0.3 is 5.41 Å². The zero-order valence-corrected chi connectivity index (χ0v) is 29.1. The van der Waals surface area contributed by atoms with Crippen molar-refractivity contribution < 1.29 is 5.32 Å². The molecule has 1 aliphatic carbocycles. The standard InChI is InChI=1S/C51H34N2/c52-47-17-8-7-16-45(47)49-19-9-18-48(53-49)36-24-20-35(21-25-36)39-28-29-44-46(32-39)51(41-27-23-34-11-2-4-13-38(34)31-41)43-15-6-5-14-42(43)50(44)40-26-22-33-10-1-3-12-37(33)30-40/h1-32,52-53H/p+1/b49-45-,52-47?. The van der Waals surface area contributed by atoms with E-state index in [0.29, 0.717) is 5.71 Å². The van der Waals surface area contributed by atoms with Crippen molar-refractivity contribution in [1.82, 2.24) is 0 Å². The van der Waals surface area contributed by atoms with Gasteiger partial charge in [-0.05, 0) is 119 Å². The number of hydrogen-bond donors (Lipinski definition) is 2. The lowest BCUT2D eigenvalue weighted by atomic mass is 9.84. The Hall–Kier alpha value is -6.87. The second kappa shape index (κ2) is 12.7. The largest absolute Gasteiger partial charge is 0.300 e. The maximum absolute atomic E-state index is 8.41. The third kappa shape index (κ3) is 5.45. The quantitative estimate of drug-likeness (QED) is 0.174. The first-order valence-corrected chi connectivity index (χ1v) is 18.2. The summed E-state index contributed by atoms with van der Waals surface area (Å²) in [6.45, 7) is 0. The maximum atomic E-state index is 8.41. The predicted molar refractivity (Wildman–Crippen MR) is 225 cm³/mol. The number of fused-ring (bicyclic) bond motifs is 4. The van der Waals surface area contributed by atoms with E-state index in [2.05, 4.69) is 175 Å². The Kier molecular flexibility index (Phi) is 7.42. The van der Waals surface area contributed by atoms with E-state index < -0.39 is 0 Å². The lowest BCUT2D eigenvalue weighted by molar-refractivity contribution is -0.504. The Balaban J connectivity index is 1.14. The Morgan fingerprint density at radius 1 is 0.377 bits per heavy atom. The molecule has 10 rings (SSSR count). The van der Waals surface area contributed by atoms with Gasteiger partial charge in [0.15, 0.2) is 0 Å². The fourth-order valence-corrected chi connectivity index (χ4v) is 8.13. The molecule has 0 spiro atoms. The smallest absolute Gasteiger partial charge is 0.144 e. The summed E-state index contributed by atoms with van der Waals surface area (Å²) in [6.07, 6.45) is 14.1. The van der Waals surface area contributed by atoms with Gasteiger partial charge in [0, 0.05) is 17.7 Å². The van der Waals surface area contributed by atoms with Crippen LogP contribution in [0, 0.1) is 5.41 Å². The molecule has 0 aromatic heterocycles. The van der Waals surface area contributed by atoms with Crippen molar-refractivity contribution in [2.24, 2.45) is 0 Å². The number of hydrogen-bond acceptors (Lipinski definition) is 1. The summed E-state index contributed by atoms with van der Waals surface area (Å²) < 4.78 is 0. The fourth-order valence-electron chi connectivity index (χ4n) is 8.13. The zero-order chi connectivity index (χ0) is 35.3. The molecule has 0 bridgehead atoms. The van der Waals surface area contributed by atoms with Crippen molar-refractivity contribution in [1.29, 1.82) is 5.41 Å². The SMILES string of the molecule is N=C1C=CC=C/C1=C1\C=CC=C(c2ccc(-c3ccc4c(-c5ccc6ccccc6c5)c5ccccc5c(-c5ccc6ccccc6c5)c4c3)cc2)[NH2+]1. The van der Waals surface area contributed by atoms with Gasteiger partial charge in [-0.1, -0.05) is 140 Å². The van der Waals surface area contributed by atoms with Crippen LogP contribution in [0.5, 0.6) is 0 Å². The number of allylic oxidation sites excluding steroid dienone is 8.